The number of amides is 1. The third kappa shape index (κ3) is 4.62. The molecule has 2 aromatic carbocycles. The van der Waals surface area contributed by atoms with Crippen LogP contribution in [0.1, 0.15) is 28.5 Å². The molecule has 1 atom stereocenters. The molecule has 3 N–H and O–H groups in total. The normalized spacial score (nSPS) is 11.8. The molecule has 3 aromatic rings. The fourth-order valence-corrected chi connectivity index (χ4v) is 3.09. The maximum absolute atomic E-state index is 12.6. The zero-order chi connectivity index (χ0) is 20.3. The minimum Gasteiger partial charge on any atom is -0.481 e. The Balaban J connectivity index is 1.87. The molecule has 0 aliphatic heterocycles. The van der Waals surface area contributed by atoms with Crippen LogP contribution in [0.5, 0.6) is 0 Å². The van der Waals surface area contributed by atoms with Crippen LogP contribution >= 0.6 is 23.2 Å². The summed E-state index contributed by atoms with van der Waals surface area (Å²) in [5.41, 5.74) is 0.542. The van der Waals surface area contributed by atoms with Gasteiger partial charge in [-0.15, -0.1) is 0 Å². The summed E-state index contributed by atoms with van der Waals surface area (Å²) in [6.45, 7) is 0. The molecule has 1 aromatic heterocycles. The first-order valence-corrected chi connectivity index (χ1v) is 8.95. The van der Waals surface area contributed by atoms with Crippen LogP contribution in [0, 0.1) is 0 Å². The van der Waals surface area contributed by atoms with Crippen LogP contribution in [0.15, 0.2) is 59.4 Å². The van der Waals surface area contributed by atoms with Gasteiger partial charge in [0, 0.05) is 16.1 Å². The molecular weight excluding hydrogens is 405 g/mol. The molecule has 0 spiro atoms. The fourth-order valence-electron chi connectivity index (χ4n) is 2.71. The molecule has 0 aliphatic carbocycles. The number of carbonyl (C=O) groups is 2. The number of carboxylic acids is 1. The summed E-state index contributed by atoms with van der Waals surface area (Å²) in [6.07, 6.45) is -0.342. The number of H-pyrrole nitrogens is 1. The molecule has 0 saturated heterocycles. The molecule has 9 heteroatoms. The number of benzene rings is 2. The molecule has 1 unspecified atom stereocenters. The lowest BCUT2D eigenvalue weighted by atomic mass is 10.0. The summed E-state index contributed by atoms with van der Waals surface area (Å²) < 4.78 is 1.17. The number of hydrogen-bond acceptors (Lipinski definition) is 3. The van der Waals surface area contributed by atoms with Gasteiger partial charge in [-0.1, -0.05) is 41.4 Å². The summed E-state index contributed by atoms with van der Waals surface area (Å²) >= 11 is 11.9. The SMILES string of the molecule is O=C(O)CC(NC(=O)c1cc(=O)n(-c2cccc(Cl)c2)[nH]1)c1cccc(Cl)c1. The Morgan fingerprint density at radius 1 is 1.07 bits per heavy atom. The lowest BCUT2D eigenvalue weighted by Crippen LogP contribution is -2.30. The number of halogens is 2. The fraction of sp³-hybridized carbons (Fsp3) is 0.105. The topological polar surface area (TPSA) is 104 Å². The average Bonchev–Trinajstić information content (AvgIpc) is 3.03. The maximum Gasteiger partial charge on any atom is 0.305 e. The van der Waals surface area contributed by atoms with Gasteiger partial charge in [0.1, 0.15) is 5.69 Å². The quantitative estimate of drug-likeness (QED) is 0.569. The third-order valence-electron chi connectivity index (χ3n) is 3.97. The van der Waals surface area contributed by atoms with Gasteiger partial charge in [0.15, 0.2) is 0 Å². The average molecular weight is 420 g/mol. The van der Waals surface area contributed by atoms with Crippen molar-refractivity contribution in [3.05, 3.63) is 86.3 Å². The zero-order valence-electron chi connectivity index (χ0n) is 14.4. The molecule has 0 bridgehead atoms. The van der Waals surface area contributed by atoms with Crippen LogP contribution in [0.4, 0.5) is 0 Å². The van der Waals surface area contributed by atoms with Crippen molar-refractivity contribution in [2.45, 2.75) is 12.5 Å². The van der Waals surface area contributed by atoms with E-state index in [2.05, 4.69) is 10.4 Å². The van der Waals surface area contributed by atoms with Gasteiger partial charge < -0.3 is 10.4 Å². The molecule has 0 radical (unpaired) electrons. The highest BCUT2D eigenvalue weighted by Crippen LogP contribution is 2.21. The highest BCUT2D eigenvalue weighted by molar-refractivity contribution is 6.31. The number of rotatable bonds is 6. The van der Waals surface area contributed by atoms with E-state index in [-0.39, 0.29) is 12.1 Å². The highest BCUT2D eigenvalue weighted by Gasteiger charge is 2.21. The number of aliphatic carboxylic acids is 1. The Bertz CT molecular complexity index is 1090. The van der Waals surface area contributed by atoms with Crippen molar-refractivity contribution in [2.24, 2.45) is 0 Å². The Morgan fingerprint density at radius 3 is 2.39 bits per heavy atom. The lowest BCUT2D eigenvalue weighted by molar-refractivity contribution is -0.137. The number of nitrogens with zero attached hydrogens (tertiary/aromatic N) is 1. The minimum atomic E-state index is -1.09. The Morgan fingerprint density at radius 2 is 1.75 bits per heavy atom. The number of carboxylic acid groups (broad SMARTS) is 1. The highest BCUT2D eigenvalue weighted by atomic mass is 35.5. The minimum absolute atomic E-state index is 0.0117. The molecule has 1 amide bonds. The summed E-state index contributed by atoms with van der Waals surface area (Å²) in [6, 6.07) is 13.4. The maximum atomic E-state index is 12.6. The second-order valence-corrected chi connectivity index (χ2v) is 6.88. The Kier molecular flexibility index (Phi) is 5.87. The van der Waals surface area contributed by atoms with Crippen LogP contribution in [0.25, 0.3) is 5.69 Å². The first kappa shape index (κ1) is 19.7. The molecule has 0 saturated carbocycles. The van der Waals surface area contributed by atoms with E-state index in [0.717, 1.165) is 6.07 Å². The van der Waals surface area contributed by atoms with Gasteiger partial charge in [0.05, 0.1) is 18.2 Å². The van der Waals surface area contributed by atoms with E-state index in [1.54, 1.807) is 48.5 Å². The second-order valence-electron chi connectivity index (χ2n) is 6.00. The second kappa shape index (κ2) is 8.33. The number of nitrogens with one attached hydrogen (secondary N) is 2. The predicted octanol–water partition coefficient (Wildman–Crippen LogP) is 3.42. The van der Waals surface area contributed by atoms with Gasteiger partial charge in [-0.2, -0.15) is 0 Å². The molecule has 144 valence electrons. The molecular formula is C19H15Cl2N3O4. The van der Waals surface area contributed by atoms with E-state index < -0.39 is 23.5 Å². The number of carbonyl (C=O) groups excluding carboxylic acids is 1. The largest absolute Gasteiger partial charge is 0.481 e. The number of aromatic nitrogens is 2. The van der Waals surface area contributed by atoms with E-state index in [1.807, 2.05) is 0 Å². The van der Waals surface area contributed by atoms with Crippen molar-refractivity contribution in [1.29, 1.82) is 0 Å². The van der Waals surface area contributed by atoms with Crippen molar-refractivity contribution in [2.75, 3.05) is 0 Å². The summed E-state index contributed by atoms with van der Waals surface area (Å²) in [5, 5.41) is 15.3. The monoisotopic (exact) mass is 419 g/mol. The van der Waals surface area contributed by atoms with Crippen LogP contribution in [0.2, 0.25) is 10.0 Å². The van der Waals surface area contributed by atoms with Gasteiger partial charge in [-0.3, -0.25) is 19.5 Å². The van der Waals surface area contributed by atoms with E-state index in [0.29, 0.717) is 21.3 Å². The zero-order valence-corrected chi connectivity index (χ0v) is 15.9. The lowest BCUT2D eigenvalue weighted by Gasteiger charge is -2.17. The van der Waals surface area contributed by atoms with Crippen molar-refractivity contribution in [3.63, 3.8) is 0 Å². The van der Waals surface area contributed by atoms with Crippen molar-refractivity contribution < 1.29 is 14.7 Å². The summed E-state index contributed by atoms with van der Waals surface area (Å²) in [5.74, 6) is -1.71. The van der Waals surface area contributed by atoms with Crippen LogP contribution < -0.4 is 10.9 Å². The van der Waals surface area contributed by atoms with E-state index in [9.17, 15) is 14.4 Å². The molecule has 0 aliphatic rings. The molecule has 3 rings (SSSR count). The van der Waals surface area contributed by atoms with Crippen molar-refractivity contribution in [1.82, 2.24) is 15.1 Å². The first-order valence-electron chi connectivity index (χ1n) is 8.19. The van der Waals surface area contributed by atoms with Crippen molar-refractivity contribution in [3.8, 4) is 5.69 Å². The standard InChI is InChI=1S/C19H15Cl2N3O4/c20-12-4-1-3-11(7-12)15(10-18(26)27)22-19(28)16-9-17(25)24(23-16)14-6-2-5-13(21)8-14/h1-9,15,23H,10H2,(H,22,28)(H,26,27). The number of hydrogen-bond donors (Lipinski definition) is 3. The van der Waals surface area contributed by atoms with E-state index in [4.69, 9.17) is 28.3 Å². The Hall–Kier alpha value is -3.03. The van der Waals surface area contributed by atoms with Gasteiger partial charge in [-0.25, -0.2) is 4.68 Å². The van der Waals surface area contributed by atoms with Crippen LogP contribution in [-0.4, -0.2) is 26.8 Å². The summed E-state index contributed by atoms with van der Waals surface area (Å²) in [7, 11) is 0. The van der Waals surface area contributed by atoms with E-state index >= 15 is 0 Å². The molecule has 1 heterocycles. The molecule has 0 fully saturated rings. The van der Waals surface area contributed by atoms with Gasteiger partial charge in [0.2, 0.25) is 0 Å². The third-order valence-corrected chi connectivity index (χ3v) is 4.44. The number of aromatic amines is 1. The molecule has 7 nitrogen and oxygen atoms in total. The molecule has 28 heavy (non-hydrogen) atoms. The van der Waals surface area contributed by atoms with E-state index in [1.165, 1.54) is 4.68 Å². The van der Waals surface area contributed by atoms with Gasteiger partial charge in [0.25, 0.3) is 11.5 Å². The van der Waals surface area contributed by atoms with Crippen LogP contribution in [-0.2, 0) is 4.79 Å². The van der Waals surface area contributed by atoms with Crippen molar-refractivity contribution >= 4 is 35.1 Å². The Labute approximate surface area is 169 Å². The predicted molar refractivity (Wildman–Crippen MR) is 105 cm³/mol. The first-order chi connectivity index (χ1) is 13.3. The van der Waals surface area contributed by atoms with Gasteiger partial charge in [-0.05, 0) is 35.9 Å². The van der Waals surface area contributed by atoms with Gasteiger partial charge >= 0.3 is 5.97 Å². The smallest absolute Gasteiger partial charge is 0.305 e. The van der Waals surface area contributed by atoms with Crippen LogP contribution in [0.3, 0.4) is 0 Å². The summed E-state index contributed by atoms with van der Waals surface area (Å²) in [4.78, 5) is 36.0.